The minimum Gasteiger partial charge on any atom is -0.466 e. The largest absolute Gasteiger partial charge is 0.466 e. The Morgan fingerprint density at radius 2 is 1.32 bits per heavy atom. The predicted molar refractivity (Wildman–Crippen MR) is 177 cm³/mol. The van der Waals surface area contributed by atoms with Gasteiger partial charge in [-0.15, -0.1) is 0 Å². The molecule has 0 aromatic heterocycles. The number of esters is 1. The van der Waals surface area contributed by atoms with Crippen molar-refractivity contribution in [2.24, 2.45) is 28.6 Å². The summed E-state index contributed by atoms with van der Waals surface area (Å²) in [6.45, 7) is 16.8. The van der Waals surface area contributed by atoms with Crippen molar-refractivity contribution >= 4 is 5.97 Å². The molecule has 0 amide bonds. The number of hydrogen-bond donors (Lipinski definition) is 0. The second kappa shape index (κ2) is 21.8. The van der Waals surface area contributed by atoms with E-state index in [1.54, 1.807) is 0 Å². The van der Waals surface area contributed by atoms with Gasteiger partial charge < -0.3 is 4.74 Å². The number of allylic oxidation sites excluding steroid dienone is 2. The van der Waals surface area contributed by atoms with Gasteiger partial charge in [-0.25, -0.2) is 0 Å². The predicted octanol–water partition coefficient (Wildman–Crippen LogP) is 12.6. The molecule has 236 valence electrons. The van der Waals surface area contributed by atoms with Gasteiger partial charge in [0, 0.05) is 0 Å². The van der Waals surface area contributed by atoms with E-state index in [1.165, 1.54) is 128 Å². The van der Waals surface area contributed by atoms with Crippen molar-refractivity contribution in [1.82, 2.24) is 0 Å². The standard InChI is InChI=1S/C38H72O2/c1-8-11-13-14-15-16-17-18-19-20-21-22-23-25-27-35(36(39)40-10-3)38(7)32-34(30-31-37(38,5)6)29-28-33(4)26-24-12-9-2/h18-19,33-35H,8-17,20-32H2,1-7H3/b19-18-. The Kier molecular flexibility index (Phi) is 20.3. The van der Waals surface area contributed by atoms with Gasteiger partial charge in [0.15, 0.2) is 0 Å². The minimum absolute atomic E-state index is 0.0207. The highest BCUT2D eigenvalue weighted by molar-refractivity contribution is 5.73. The molecular formula is C38H72O2. The molecule has 0 bridgehead atoms. The van der Waals surface area contributed by atoms with Gasteiger partial charge in [0.1, 0.15) is 0 Å². The van der Waals surface area contributed by atoms with Crippen LogP contribution in [0.25, 0.3) is 0 Å². The SMILES string of the molecule is CCCCCCCC/C=C\CCCCCCC(C(=O)OCC)C1(C)CC(CCC(C)CCCCC)CCC1(C)C. The fourth-order valence-electron chi connectivity index (χ4n) is 7.28. The quantitative estimate of drug-likeness (QED) is 0.0666. The highest BCUT2D eigenvalue weighted by atomic mass is 16.5. The number of unbranched alkanes of at least 4 members (excludes halogenated alkanes) is 12. The van der Waals surface area contributed by atoms with E-state index in [0.717, 1.165) is 24.7 Å². The summed E-state index contributed by atoms with van der Waals surface area (Å²) in [6.07, 6.45) is 33.4. The van der Waals surface area contributed by atoms with Crippen LogP contribution in [0.15, 0.2) is 12.2 Å². The van der Waals surface area contributed by atoms with Crippen LogP contribution in [0, 0.1) is 28.6 Å². The van der Waals surface area contributed by atoms with E-state index in [2.05, 4.69) is 53.7 Å². The molecule has 0 aliphatic heterocycles. The highest BCUT2D eigenvalue weighted by Gasteiger charge is 2.52. The smallest absolute Gasteiger partial charge is 0.309 e. The number of ether oxygens (including phenoxy) is 1. The lowest BCUT2D eigenvalue weighted by Crippen LogP contribution is -2.49. The first-order valence-electron chi connectivity index (χ1n) is 18.0. The number of hydrogen-bond acceptors (Lipinski definition) is 2. The van der Waals surface area contributed by atoms with Gasteiger partial charge in [-0.2, -0.15) is 0 Å². The summed E-state index contributed by atoms with van der Waals surface area (Å²) in [7, 11) is 0. The van der Waals surface area contributed by atoms with E-state index < -0.39 is 0 Å². The Balaban J connectivity index is 2.53. The zero-order valence-electron chi connectivity index (χ0n) is 28.5. The van der Waals surface area contributed by atoms with E-state index in [1.807, 2.05) is 6.92 Å². The molecule has 40 heavy (non-hydrogen) atoms. The molecule has 1 fully saturated rings. The van der Waals surface area contributed by atoms with Crippen LogP contribution in [-0.2, 0) is 9.53 Å². The molecule has 4 unspecified atom stereocenters. The van der Waals surface area contributed by atoms with Crippen LogP contribution in [0.5, 0.6) is 0 Å². The van der Waals surface area contributed by atoms with Gasteiger partial charge in [-0.05, 0) is 81.0 Å². The summed E-state index contributed by atoms with van der Waals surface area (Å²) in [6, 6.07) is 0. The van der Waals surface area contributed by atoms with Crippen molar-refractivity contribution in [1.29, 1.82) is 0 Å². The first-order valence-corrected chi connectivity index (χ1v) is 18.0. The van der Waals surface area contributed by atoms with Crippen LogP contribution in [0.3, 0.4) is 0 Å². The lowest BCUT2D eigenvalue weighted by Gasteiger charge is -2.54. The van der Waals surface area contributed by atoms with Crippen molar-refractivity contribution in [2.75, 3.05) is 6.61 Å². The molecule has 1 aliphatic rings. The highest BCUT2D eigenvalue weighted by Crippen LogP contribution is 2.58. The van der Waals surface area contributed by atoms with Crippen LogP contribution in [0.1, 0.15) is 190 Å². The lowest BCUT2D eigenvalue weighted by atomic mass is 9.50. The molecule has 0 radical (unpaired) electrons. The maximum Gasteiger partial charge on any atom is 0.309 e. The van der Waals surface area contributed by atoms with Crippen LogP contribution >= 0.6 is 0 Å². The van der Waals surface area contributed by atoms with Crippen LogP contribution in [0.2, 0.25) is 0 Å². The van der Waals surface area contributed by atoms with Gasteiger partial charge in [0.25, 0.3) is 0 Å². The Morgan fingerprint density at radius 1 is 0.775 bits per heavy atom. The minimum atomic E-state index is 0.0207. The summed E-state index contributed by atoms with van der Waals surface area (Å²) in [5, 5.41) is 0. The lowest BCUT2D eigenvalue weighted by molar-refractivity contribution is -0.162. The van der Waals surface area contributed by atoms with Gasteiger partial charge in [0.2, 0.25) is 0 Å². The first kappa shape index (κ1) is 37.2. The van der Waals surface area contributed by atoms with E-state index in [4.69, 9.17) is 4.74 Å². The van der Waals surface area contributed by atoms with E-state index >= 15 is 0 Å². The fraction of sp³-hybridized carbons (Fsp3) is 0.921. The second-order valence-corrected chi connectivity index (χ2v) is 14.4. The Hall–Kier alpha value is -0.790. The molecule has 0 N–H and O–H groups in total. The van der Waals surface area contributed by atoms with E-state index in [9.17, 15) is 4.79 Å². The molecule has 1 aliphatic carbocycles. The Labute approximate surface area is 252 Å². The molecule has 0 aromatic rings. The molecule has 1 saturated carbocycles. The van der Waals surface area contributed by atoms with Gasteiger partial charge in [-0.3, -0.25) is 4.79 Å². The number of carbonyl (C=O) groups excluding carboxylic acids is 1. The molecule has 2 nitrogen and oxygen atoms in total. The van der Waals surface area contributed by atoms with Crippen LogP contribution in [0.4, 0.5) is 0 Å². The van der Waals surface area contributed by atoms with Gasteiger partial charge in [-0.1, -0.05) is 144 Å². The van der Waals surface area contributed by atoms with Gasteiger partial charge >= 0.3 is 5.97 Å². The van der Waals surface area contributed by atoms with Gasteiger partial charge in [0.05, 0.1) is 12.5 Å². The average Bonchev–Trinajstić information content (AvgIpc) is 2.92. The summed E-state index contributed by atoms with van der Waals surface area (Å²) in [5.41, 5.74) is 0.196. The topological polar surface area (TPSA) is 26.3 Å². The van der Waals surface area contributed by atoms with E-state index in [0.29, 0.717) is 6.61 Å². The monoisotopic (exact) mass is 561 g/mol. The van der Waals surface area contributed by atoms with Crippen molar-refractivity contribution in [3.63, 3.8) is 0 Å². The molecule has 0 aromatic carbocycles. The Morgan fingerprint density at radius 3 is 1.95 bits per heavy atom. The molecule has 0 saturated heterocycles. The zero-order valence-corrected chi connectivity index (χ0v) is 28.5. The van der Waals surface area contributed by atoms with Crippen molar-refractivity contribution in [2.45, 2.75) is 190 Å². The maximum atomic E-state index is 13.4. The normalized spacial score (nSPS) is 22.4. The third-order valence-electron chi connectivity index (χ3n) is 10.6. The molecule has 0 spiro atoms. The summed E-state index contributed by atoms with van der Waals surface area (Å²) < 4.78 is 5.73. The summed E-state index contributed by atoms with van der Waals surface area (Å²) in [5.74, 6) is 1.69. The molecular weight excluding hydrogens is 488 g/mol. The van der Waals surface area contributed by atoms with Crippen LogP contribution in [-0.4, -0.2) is 12.6 Å². The zero-order chi connectivity index (χ0) is 29.7. The maximum absolute atomic E-state index is 13.4. The third kappa shape index (κ3) is 14.4. The first-order chi connectivity index (χ1) is 19.2. The molecule has 1 rings (SSSR count). The molecule has 2 heteroatoms. The van der Waals surface area contributed by atoms with Crippen molar-refractivity contribution in [3.8, 4) is 0 Å². The second-order valence-electron chi connectivity index (χ2n) is 14.4. The average molecular weight is 561 g/mol. The van der Waals surface area contributed by atoms with Crippen molar-refractivity contribution < 1.29 is 9.53 Å². The Bertz CT molecular complexity index is 650. The number of rotatable bonds is 24. The third-order valence-corrected chi connectivity index (χ3v) is 10.6. The van der Waals surface area contributed by atoms with Crippen LogP contribution < -0.4 is 0 Å². The summed E-state index contributed by atoms with van der Waals surface area (Å²) in [4.78, 5) is 13.4. The number of carbonyl (C=O) groups is 1. The molecule has 4 atom stereocenters. The van der Waals surface area contributed by atoms with E-state index in [-0.39, 0.29) is 22.7 Å². The fourth-order valence-corrected chi connectivity index (χ4v) is 7.28. The molecule has 0 heterocycles. The van der Waals surface area contributed by atoms with Crippen molar-refractivity contribution in [3.05, 3.63) is 12.2 Å². The summed E-state index contributed by atoms with van der Waals surface area (Å²) >= 11 is 0.